The first kappa shape index (κ1) is 28.5. The van der Waals surface area contributed by atoms with Crippen molar-refractivity contribution in [1.82, 2.24) is 0 Å². The van der Waals surface area contributed by atoms with Gasteiger partial charge in [0, 0.05) is 60.6 Å². The van der Waals surface area contributed by atoms with Gasteiger partial charge in [-0.25, -0.2) is 0 Å². The lowest BCUT2D eigenvalue weighted by molar-refractivity contribution is 0.672. The molecule has 39 heavy (non-hydrogen) atoms. The molecule has 0 saturated carbocycles. The lowest BCUT2D eigenvalue weighted by atomic mass is 9.82. The molecule has 3 heteroatoms. The van der Waals surface area contributed by atoms with Crippen molar-refractivity contribution in [2.75, 3.05) is 41.3 Å². The minimum absolute atomic E-state index is 0.147. The van der Waals surface area contributed by atoms with Crippen LogP contribution in [0.25, 0.3) is 10.8 Å². The average molecular weight is 522 g/mol. The van der Waals surface area contributed by atoms with Gasteiger partial charge in [-0.05, 0) is 92.9 Å². The van der Waals surface area contributed by atoms with Crippen LogP contribution >= 0.6 is 0 Å². The molecule has 0 aromatic heterocycles. The maximum Gasteiger partial charge on any atom is 0.0422 e. The Bertz CT molecular complexity index is 1240. The zero-order valence-corrected chi connectivity index (χ0v) is 24.9. The second kappa shape index (κ2) is 13.6. The summed E-state index contributed by atoms with van der Waals surface area (Å²) in [5, 5.41) is 6.44. The molecule has 0 atom stereocenters. The highest BCUT2D eigenvalue weighted by Gasteiger charge is 2.21. The molecule has 0 fully saturated rings. The number of nitrogens with zero attached hydrogens (tertiary/aromatic N) is 2. The third-order valence-electron chi connectivity index (χ3n) is 8.32. The molecule has 4 aromatic carbocycles. The van der Waals surface area contributed by atoms with Crippen molar-refractivity contribution in [3.8, 4) is 0 Å². The van der Waals surface area contributed by atoms with E-state index in [1.165, 1.54) is 44.5 Å². The van der Waals surface area contributed by atoms with E-state index in [4.69, 9.17) is 0 Å². The Morgan fingerprint density at radius 2 is 1.00 bits per heavy atom. The van der Waals surface area contributed by atoms with Gasteiger partial charge in [0.2, 0.25) is 0 Å². The fraction of sp³-hybridized carbons (Fsp3) is 0.389. The van der Waals surface area contributed by atoms with Crippen molar-refractivity contribution in [3.05, 3.63) is 102 Å². The van der Waals surface area contributed by atoms with Crippen LogP contribution in [-0.4, -0.2) is 32.2 Å². The second-order valence-corrected chi connectivity index (χ2v) is 10.4. The molecule has 3 nitrogen and oxygen atoms in total. The topological polar surface area (TPSA) is 18.5 Å². The van der Waals surface area contributed by atoms with Crippen LogP contribution < -0.4 is 15.1 Å². The Hall–Kier alpha value is -3.46. The lowest BCUT2D eigenvalue weighted by Crippen LogP contribution is -2.22. The molecule has 4 aromatic rings. The molecule has 0 aliphatic carbocycles. The van der Waals surface area contributed by atoms with Gasteiger partial charge < -0.3 is 15.1 Å². The average Bonchev–Trinajstić information content (AvgIpc) is 2.99. The van der Waals surface area contributed by atoms with Crippen LogP contribution in [0.4, 0.5) is 17.1 Å². The third kappa shape index (κ3) is 6.24. The Labute approximate surface area is 236 Å². The second-order valence-electron chi connectivity index (χ2n) is 10.4. The van der Waals surface area contributed by atoms with Crippen LogP contribution in [0.5, 0.6) is 0 Å². The fourth-order valence-corrected chi connectivity index (χ4v) is 5.90. The summed E-state index contributed by atoms with van der Waals surface area (Å²) in [6.45, 7) is 17.5. The van der Waals surface area contributed by atoms with Gasteiger partial charge in [0.1, 0.15) is 0 Å². The maximum absolute atomic E-state index is 3.82. The molecule has 0 aliphatic rings. The predicted octanol–water partition coefficient (Wildman–Crippen LogP) is 9.31. The number of fused-ring (bicyclic) bond motifs is 1. The van der Waals surface area contributed by atoms with E-state index in [1.807, 2.05) is 0 Å². The van der Waals surface area contributed by atoms with E-state index in [-0.39, 0.29) is 5.92 Å². The zero-order valence-electron chi connectivity index (χ0n) is 24.9. The number of benzene rings is 4. The first-order chi connectivity index (χ1) is 19.1. The van der Waals surface area contributed by atoms with E-state index in [9.17, 15) is 0 Å². The Balaban J connectivity index is 1.85. The highest BCUT2D eigenvalue weighted by Crippen LogP contribution is 2.39. The third-order valence-corrected chi connectivity index (χ3v) is 8.32. The van der Waals surface area contributed by atoms with Crippen LogP contribution in [0.15, 0.2) is 84.9 Å². The minimum atomic E-state index is 0.147. The summed E-state index contributed by atoms with van der Waals surface area (Å²) >= 11 is 0. The van der Waals surface area contributed by atoms with Crippen molar-refractivity contribution in [3.63, 3.8) is 0 Å². The number of hydrogen-bond acceptors (Lipinski definition) is 3. The molecule has 0 spiro atoms. The molecule has 0 bridgehead atoms. The zero-order chi connectivity index (χ0) is 27.8. The standard InChI is InChI=1S/C36H47N3/c1-7-29(8-2)37-35-26-25-34(32-15-13-14-16-33(32)35)36(27-17-21-30(22-18-27)38(9-3)10-4)28-19-23-31(24-20-28)39(11-5)12-6/h13-26,29,36-37H,7-12H2,1-6H3. The molecule has 0 saturated heterocycles. The normalized spacial score (nSPS) is 11.4. The first-order valence-corrected chi connectivity index (χ1v) is 15.1. The van der Waals surface area contributed by atoms with Gasteiger partial charge in [0.05, 0.1) is 0 Å². The van der Waals surface area contributed by atoms with Crippen LogP contribution in [-0.2, 0) is 0 Å². The molecular weight excluding hydrogens is 474 g/mol. The summed E-state index contributed by atoms with van der Waals surface area (Å²) in [6.07, 6.45) is 2.24. The van der Waals surface area contributed by atoms with E-state index in [0.717, 1.165) is 39.0 Å². The summed E-state index contributed by atoms with van der Waals surface area (Å²) in [4.78, 5) is 4.82. The molecule has 0 unspecified atom stereocenters. The van der Waals surface area contributed by atoms with Gasteiger partial charge in [-0.1, -0.05) is 68.4 Å². The number of nitrogens with one attached hydrogen (secondary N) is 1. The summed E-state index contributed by atoms with van der Waals surface area (Å²) in [5.41, 5.74) is 7.81. The molecule has 0 radical (unpaired) electrons. The number of rotatable bonds is 13. The Morgan fingerprint density at radius 3 is 1.44 bits per heavy atom. The van der Waals surface area contributed by atoms with Gasteiger partial charge in [0.25, 0.3) is 0 Å². The van der Waals surface area contributed by atoms with Crippen molar-refractivity contribution in [1.29, 1.82) is 0 Å². The van der Waals surface area contributed by atoms with E-state index in [1.54, 1.807) is 0 Å². The summed E-state index contributed by atoms with van der Waals surface area (Å²) in [6, 6.07) is 32.6. The quantitative estimate of drug-likeness (QED) is 0.177. The molecule has 0 amide bonds. The van der Waals surface area contributed by atoms with Crippen LogP contribution in [0.1, 0.15) is 77.0 Å². The molecule has 206 valence electrons. The summed E-state index contributed by atoms with van der Waals surface area (Å²) in [5.74, 6) is 0.147. The molecule has 0 aliphatic heterocycles. The minimum Gasteiger partial charge on any atom is -0.382 e. The SMILES string of the molecule is CCC(CC)Nc1ccc(C(c2ccc(N(CC)CC)cc2)c2ccc(N(CC)CC)cc2)c2ccccc12. The number of anilines is 3. The van der Waals surface area contributed by atoms with Crippen molar-refractivity contribution < 1.29 is 0 Å². The first-order valence-electron chi connectivity index (χ1n) is 15.1. The maximum atomic E-state index is 3.82. The lowest BCUT2D eigenvalue weighted by Gasteiger charge is -2.26. The fourth-order valence-electron chi connectivity index (χ4n) is 5.90. The molecule has 4 rings (SSSR count). The molecule has 0 heterocycles. The van der Waals surface area contributed by atoms with Gasteiger partial charge in [-0.2, -0.15) is 0 Å². The number of hydrogen-bond donors (Lipinski definition) is 1. The van der Waals surface area contributed by atoms with Gasteiger partial charge in [-0.3, -0.25) is 0 Å². The van der Waals surface area contributed by atoms with E-state index in [2.05, 4.69) is 142 Å². The van der Waals surface area contributed by atoms with E-state index >= 15 is 0 Å². The van der Waals surface area contributed by atoms with Crippen LogP contribution in [0, 0.1) is 0 Å². The highest BCUT2D eigenvalue weighted by atomic mass is 15.1. The van der Waals surface area contributed by atoms with Crippen molar-refractivity contribution in [2.45, 2.75) is 66.3 Å². The van der Waals surface area contributed by atoms with Gasteiger partial charge in [-0.15, -0.1) is 0 Å². The van der Waals surface area contributed by atoms with Crippen molar-refractivity contribution >= 4 is 27.8 Å². The Kier molecular flexibility index (Phi) is 9.92. The summed E-state index contributed by atoms with van der Waals surface area (Å²) in [7, 11) is 0. The van der Waals surface area contributed by atoms with Gasteiger partial charge in [0.15, 0.2) is 0 Å². The molecule has 1 N–H and O–H groups in total. The van der Waals surface area contributed by atoms with Crippen LogP contribution in [0.2, 0.25) is 0 Å². The summed E-state index contributed by atoms with van der Waals surface area (Å²) < 4.78 is 0. The Morgan fingerprint density at radius 1 is 0.538 bits per heavy atom. The smallest absolute Gasteiger partial charge is 0.0422 e. The van der Waals surface area contributed by atoms with E-state index < -0.39 is 0 Å². The van der Waals surface area contributed by atoms with Crippen LogP contribution in [0.3, 0.4) is 0 Å². The highest BCUT2D eigenvalue weighted by molar-refractivity contribution is 5.97. The largest absolute Gasteiger partial charge is 0.382 e. The molecular formula is C36H47N3. The van der Waals surface area contributed by atoms with E-state index in [0.29, 0.717) is 6.04 Å². The monoisotopic (exact) mass is 521 g/mol. The van der Waals surface area contributed by atoms with Gasteiger partial charge >= 0.3 is 0 Å². The van der Waals surface area contributed by atoms with Crippen molar-refractivity contribution in [2.24, 2.45) is 0 Å². The predicted molar refractivity (Wildman–Crippen MR) is 173 cm³/mol.